The molecule has 0 aliphatic rings. The summed E-state index contributed by atoms with van der Waals surface area (Å²) in [6.07, 6.45) is 0. The molecule has 0 fully saturated rings. The third-order valence-electron chi connectivity index (χ3n) is 2.57. The fraction of sp³-hybridized carbons (Fsp3) is 0.273. The molecule has 0 saturated carbocycles. The Labute approximate surface area is 118 Å². The van der Waals surface area contributed by atoms with Crippen LogP contribution in [0.3, 0.4) is 0 Å². The standard InChI is InChI=1S/C11H11FN2O4S2/c1-14(18-2)10(15)9(12)20(16,17)11-13-7-5-3-4-6-8(7)19-11/h3-6,9H,1-2H3. The first-order chi connectivity index (χ1) is 9.37. The quantitative estimate of drug-likeness (QED) is 0.796. The number of para-hydroxylation sites is 1. The molecule has 1 unspecified atom stereocenters. The SMILES string of the molecule is CON(C)C(=O)C(F)S(=O)(=O)c1nc2ccccc2s1. The van der Waals surface area contributed by atoms with Gasteiger partial charge in [0.2, 0.25) is 14.2 Å². The maximum Gasteiger partial charge on any atom is 0.296 e. The molecule has 20 heavy (non-hydrogen) atoms. The maximum atomic E-state index is 13.9. The van der Waals surface area contributed by atoms with Crippen molar-refractivity contribution in [1.29, 1.82) is 0 Å². The molecule has 1 heterocycles. The summed E-state index contributed by atoms with van der Waals surface area (Å²) < 4.78 is 38.2. The van der Waals surface area contributed by atoms with Gasteiger partial charge in [-0.15, -0.1) is 11.3 Å². The number of hydrogen-bond donors (Lipinski definition) is 0. The van der Waals surface area contributed by atoms with Crippen LogP contribution in [0.4, 0.5) is 4.39 Å². The zero-order valence-corrected chi connectivity index (χ0v) is 12.2. The van der Waals surface area contributed by atoms with Crippen LogP contribution in [-0.4, -0.2) is 44.0 Å². The Hall–Kier alpha value is -1.58. The molecular formula is C11H11FN2O4S2. The lowest BCUT2D eigenvalue weighted by atomic mass is 10.3. The highest BCUT2D eigenvalue weighted by atomic mass is 32.2. The van der Waals surface area contributed by atoms with Crippen LogP contribution in [0, 0.1) is 0 Å². The van der Waals surface area contributed by atoms with Gasteiger partial charge in [-0.1, -0.05) is 12.1 Å². The number of amides is 1. The zero-order valence-electron chi connectivity index (χ0n) is 10.6. The summed E-state index contributed by atoms with van der Waals surface area (Å²) in [6, 6.07) is 6.69. The highest BCUT2D eigenvalue weighted by Crippen LogP contribution is 2.28. The molecule has 1 aromatic carbocycles. The van der Waals surface area contributed by atoms with E-state index in [0.29, 0.717) is 15.3 Å². The van der Waals surface area contributed by atoms with Crippen LogP contribution in [0.25, 0.3) is 10.2 Å². The molecular weight excluding hydrogens is 307 g/mol. The van der Waals surface area contributed by atoms with Gasteiger partial charge in [0.25, 0.3) is 11.4 Å². The fourth-order valence-electron chi connectivity index (χ4n) is 1.43. The van der Waals surface area contributed by atoms with Gasteiger partial charge < -0.3 is 0 Å². The number of hydrogen-bond acceptors (Lipinski definition) is 6. The van der Waals surface area contributed by atoms with Crippen LogP contribution < -0.4 is 0 Å². The second-order valence-corrected chi connectivity index (χ2v) is 7.01. The summed E-state index contributed by atoms with van der Waals surface area (Å²) >= 11 is 0.819. The summed E-state index contributed by atoms with van der Waals surface area (Å²) in [7, 11) is -2.22. The van der Waals surface area contributed by atoms with Crippen molar-refractivity contribution in [3.63, 3.8) is 0 Å². The van der Waals surface area contributed by atoms with E-state index >= 15 is 0 Å². The van der Waals surface area contributed by atoms with Gasteiger partial charge in [-0.2, -0.15) is 0 Å². The van der Waals surface area contributed by atoms with Crippen molar-refractivity contribution in [3.8, 4) is 0 Å². The number of carbonyl (C=O) groups is 1. The molecule has 0 bridgehead atoms. The van der Waals surface area contributed by atoms with Gasteiger partial charge in [0.15, 0.2) is 0 Å². The summed E-state index contributed by atoms with van der Waals surface area (Å²) in [6.45, 7) is 0. The van der Waals surface area contributed by atoms with Gasteiger partial charge in [-0.05, 0) is 12.1 Å². The molecule has 0 aliphatic heterocycles. The number of aromatic nitrogens is 1. The summed E-state index contributed by atoms with van der Waals surface area (Å²) in [5, 5.41) is 0.523. The summed E-state index contributed by atoms with van der Waals surface area (Å²) in [4.78, 5) is 19.9. The van der Waals surface area contributed by atoms with E-state index in [0.717, 1.165) is 25.5 Å². The van der Waals surface area contributed by atoms with E-state index in [2.05, 4.69) is 9.82 Å². The Balaban J connectivity index is 2.41. The Bertz CT molecular complexity index is 711. The number of fused-ring (bicyclic) bond motifs is 1. The van der Waals surface area contributed by atoms with Crippen molar-refractivity contribution in [3.05, 3.63) is 24.3 Å². The first-order valence-corrected chi connectivity index (χ1v) is 7.79. The number of hydroxylamine groups is 2. The minimum absolute atomic E-state index is 0.427. The van der Waals surface area contributed by atoms with Crippen molar-refractivity contribution in [2.24, 2.45) is 0 Å². The van der Waals surface area contributed by atoms with Gasteiger partial charge in [0.05, 0.1) is 17.3 Å². The van der Waals surface area contributed by atoms with E-state index in [1.54, 1.807) is 24.3 Å². The smallest absolute Gasteiger partial charge is 0.274 e. The molecule has 1 atom stereocenters. The Kier molecular flexibility index (Phi) is 4.02. The number of sulfone groups is 1. The lowest BCUT2D eigenvalue weighted by molar-refractivity contribution is -0.171. The van der Waals surface area contributed by atoms with E-state index in [4.69, 9.17) is 0 Å². The molecule has 1 amide bonds. The molecule has 0 radical (unpaired) electrons. The van der Waals surface area contributed by atoms with Crippen LogP contribution in [0.15, 0.2) is 28.6 Å². The van der Waals surface area contributed by atoms with Crippen molar-refractivity contribution in [2.75, 3.05) is 14.2 Å². The largest absolute Gasteiger partial charge is 0.296 e. The maximum absolute atomic E-state index is 13.9. The second-order valence-electron chi connectivity index (χ2n) is 3.83. The molecule has 2 rings (SSSR count). The van der Waals surface area contributed by atoms with E-state index in [-0.39, 0.29) is 0 Å². The van der Waals surface area contributed by atoms with E-state index in [1.807, 2.05) is 0 Å². The van der Waals surface area contributed by atoms with Crippen LogP contribution >= 0.6 is 11.3 Å². The van der Waals surface area contributed by atoms with Crippen molar-refractivity contribution >= 4 is 37.3 Å². The second kappa shape index (κ2) is 5.43. The van der Waals surface area contributed by atoms with E-state index in [1.165, 1.54) is 0 Å². The normalized spacial score (nSPS) is 13.3. The lowest BCUT2D eigenvalue weighted by Crippen LogP contribution is -2.37. The van der Waals surface area contributed by atoms with Crippen molar-refractivity contribution < 1.29 is 22.4 Å². The van der Waals surface area contributed by atoms with Crippen molar-refractivity contribution in [1.82, 2.24) is 10.0 Å². The molecule has 0 saturated heterocycles. The molecule has 0 N–H and O–H groups in total. The molecule has 6 nitrogen and oxygen atoms in total. The number of nitrogens with zero attached hydrogens (tertiary/aromatic N) is 2. The zero-order chi connectivity index (χ0) is 14.9. The van der Waals surface area contributed by atoms with Crippen LogP contribution in [-0.2, 0) is 19.5 Å². The third kappa shape index (κ3) is 2.51. The average Bonchev–Trinajstić information content (AvgIpc) is 2.89. The van der Waals surface area contributed by atoms with Crippen LogP contribution in [0.2, 0.25) is 0 Å². The molecule has 2 aromatic rings. The predicted octanol–water partition coefficient (Wildman–Crippen LogP) is 1.39. The number of alkyl halides is 1. The number of carbonyl (C=O) groups excluding carboxylic acids is 1. The average molecular weight is 318 g/mol. The Morgan fingerprint density at radius 2 is 2.10 bits per heavy atom. The summed E-state index contributed by atoms with van der Waals surface area (Å²) in [5.74, 6) is -1.30. The molecule has 9 heteroatoms. The number of benzene rings is 1. The monoisotopic (exact) mass is 318 g/mol. The van der Waals surface area contributed by atoms with Gasteiger partial charge in [0.1, 0.15) is 0 Å². The number of thiazole rings is 1. The predicted molar refractivity (Wildman–Crippen MR) is 71.5 cm³/mol. The molecule has 1 aromatic heterocycles. The Morgan fingerprint density at radius 1 is 1.45 bits per heavy atom. The van der Waals surface area contributed by atoms with E-state index in [9.17, 15) is 17.6 Å². The van der Waals surface area contributed by atoms with Crippen LogP contribution in [0.1, 0.15) is 0 Å². The lowest BCUT2D eigenvalue weighted by Gasteiger charge is -2.15. The fourth-order valence-corrected chi connectivity index (χ4v) is 3.93. The third-order valence-corrected chi connectivity index (χ3v) is 5.67. The van der Waals surface area contributed by atoms with Gasteiger partial charge in [-0.25, -0.2) is 22.9 Å². The van der Waals surface area contributed by atoms with E-state index < -0.39 is 25.6 Å². The summed E-state index contributed by atoms with van der Waals surface area (Å²) in [5.41, 5.74) is -2.30. The van der Waals surface area contributed by atoms with Gasteiger partial charge in [-0.3, -0.25) is 9.63 Å². The molecule has 108 valence electrons. The molecule has 0 spiro atoms. The number of halogens is 1. The minimum Gasteiger partial charge on any atom is -0.274 e. The van der Waals surface area contributed by atoms with Crippen molar-refractivity contribution in [2.45, 2.75) is 9.84 Å². The number of rotatable bonds is 4. The highest BCUT2D eigenvalue weighted by Gasteiger charge is 2.38. The first kappa shape index (κ1) is 14.8. The molecule has 0 aliphatic carbocycles. The highest BCUT2D eigenvalue weighted by molar-refractivity contribution is 7.94. The minimum atomic E-state index is -4.49. The van der Waals surface area contributed by atoms with Crippen LogP contribution in [0.5, 0.6) is 0 Å². The van der Waals surface area contributed by atoms with Gasteiger partial charge in [0, 0.05) is 7.05 Å². The first-order valence-electron chi connectivity index (χ1n) is 5.43. The van der Waals surface area contributed by atoms with Gasteiger partial charge >= 0.3 is 0 Å². The Morgan fingerprint density at radius 3 is 2.70 bits per heavy atom. The topological polar surface area (TPSA) is 76.6 Å².